The van der Waals surface area contributed by atoms with Crippen LogP contribution in [0, 0.1) is 11.8 Å². The number of carbonyl (C=O) groups is 3. The lowest BCUT2D eigenvalue weighted by atomic mass is 9.91. The lowest BCUT2D eigenvalue weighted by Crippen LogP contribution is -2.40. The minimum Gasteiger partial charge on any atom is -0.579 e. The largest absolute Gasteiger partial charge is 0.579 e. The zero-order valence-electron chi connectivity index (χ0n) is 18.4. The molecule has 2 amide bonds. The summed E-state index contributed by atoms with van der Waals surface area (Å²) in [6, 6.07) is 0. The van der Waals surface area contributed by atoms with Gasteiger partial charge in [-0.25, -0.2) is 0 Å². The molecule has 0 radical (unpaired) electrons. The average Bonchev–Trinajstić information content (AvgIpc) is 3.16. The second-order valence-electron chi connectivity index (χ2n) is 8.72. The molecule has 30 heavy (non-hydrogen) atoms. The summed E-state index contributed by atoms with van der Waals surface area (Å²) in [7, 11) is 0. The van der Waals surface area contributed by atoms with E-state index in [0.717, 1.165) is 12.8 Å². The Hall–Kier alpha value is -1.20. The Balaban J connectivity index is 1.59. The number of imide groups is 1. The van der Waals surface area contributed by atoms with Crippen molar-refractivity contribution >= 4 is 29.3 Å². The summed E-state index contributed by atoms with van der Waals surface area (Å²) >= 11 is -1.45. The van der Waals surface area contributed by atoms with Gasteiger partial charge in [-0.1, -0.05) is 13.3 Å². The molecule has 4 atom stereocenters. The lowest BCUT2D eigenvalue weighted by Gasteiger charge is -2.19. The smallest absolute Gasteiger partial charge is 0.306 e. The van der Waals surface area contributed by atoms with E-state index in [9.17, 15) is 18.9 Å². The number of nitrogens with zero attached hydrogens (tertiary/aromatic N) is 1. The van der Waals surface area contributed by atoms with Gasteiger partial charge in [0, 0.05) is 26.1 Å². The molecule has 0 bridgehead atoms. The van der Waals surface area contributed by atoms with E-state index >= 15 is 0 Å². The first-order valence-electron chi connectivity index (χ1n) is 10.7. The molecule has 2 heterocycles. The number of carbonyl (C=O) groups excluding carboxylic acids is 3. The van der Waals surface area contributed by atoms with Crippen molar-refractivity contribution in [2.75, 3.05) is 26.2 Å². The first kappa shape index (κ1) is 25.1. The normalized spacial score (nSPS) is 25.0. The Morgan fingerprint density at radius 3 is 2.53 bits per heavy atom. The summed E-state index contributed by atoms with van der Waals surface area (Å²) in [4.78, 5) is 38.1. The lowest BCUT2D eigenvalue weighted by molar-refractivity contribution is -0.155. The number of hydrogen-bond acceptors (Lipinski definition) is 8. The molecule has 0 aromatic heterocycles. The molecule has 2 aliphatic rings. The molecule has 2 saturated heterocycles. The molecule has 2 aliphatic heterocycles. The highest BCUT2D eigenvalue weighted by Gasteiger charge is 2.54. The maximum absolute atomic E-state index is 12.6. The van der Waals surface area contributed by atoms with Crippen molar-refractivity contribution in [2.24, 2.45) is 11.8 Å². The van der Waals surface area contributed by atoms with Gasteiger partial charge in [-0.3, -0.25) is 19.3 Å². The van der Waals surface area contributed by atoms with Gasteiger partial charge in [0.15, 0.2) is 0 Å². The fourth-order valence-electron chi connectivity index (χ4n) is 3.75. The number of amides is 2. The molecule has 0 aromatic carbocycles. The Morgan fingerprint density at radius 2 is 1.90 bits per heavy atom. The zero-order valence-corrected chi connectivity index (χ0v) is 19.2. The van der Waals surface area contributed by atoms with Crippen LogP contribution in [0.5, 0.6) is 0 Å². The highest BCUT2D eigenvalue weighted by molar-refractivity contribution is 7.87. The fraction of sp³-hybridized carbons (Fsp3) is 0.850. The van der Waals surface area contributed by atoms with Crippen LogP contribution in [0.1, 0.15) is 59.8 Å². The molecule has 0 aromatic rings. The first-order valence-corrected chi connectivity index (χ1v) is 11.9. The summed E-state index contributed by atoms with van der Waals surface area (Å²) in [5, 5.41) is 0. The molecule has 4 unspecified atom stereocenters. The van der Waals surface area contributed by atoms with Crippen molar-refractivity contribution < 1.29 is 28.4 Å². The minimum absolute atomic E-state index is 0.137. The van der Waals surface area contributed by atoms with Gasteiger partial charge in [0.1, 0.15) is 17.1 Å². The van der Waals surface area contributed by atoms with E-state index in [1.807, 2.05) is 27.7 Å². The van der Waals surface area contributed by atoms with Gasteiger partial charge in [0.05, 0.1) is 24.5 Å². The topological polar surface area (TPSA) is 120 Å². The summed E-state index contributed by atoms with van der Waals surface area (Å²) in [5.41, 5.74) is -0.504. The van der Waals surface area contributed by atoms with Gasteiger partial charge < -0.3 is 14.0 Å². The SMILES string of the molecule is CCCC1OCC2C(=O)N(CCCN[S+]([O-])NCCCC(=O)OC(C)(C)C)C(=O)C12. The molecule has 0 saturated carbocycles. The number of ether oxygens (including phenoxy) is 2. The van der Waals surface area contributed by atoms with Gasteiger partial charge in [0.25, 0.3) is 0 Å². The first-order chi connectivity index (χ1) is 14.1. The molecule has 172 valence electrons. The van der Waals surface area contributed by atoms with Gasteiger partial charge in [-0.2, -0.15) is 0 Å². The van der Waals surface area contributed by atoms with E-state index < -0.39 is 17.1 Å². The third kappa shape index (κ3) is 7.19. The van der Waals surface area contributed by atoms with Crippen LogP contribution in [0.15, 0.2) is 0 Å². The molecule has 0 spiro atoms. The van der Waals surface area contributed by atoms with Crippen LogP contribution in [-0.4, -0.2) is 65.2 Å². The van der Waals surface area contributed by atoms with E-state index in [0.29, 0.717) is 39.1 Å². The van der Waals surface area contributed by atoms with Crippen LogP contribution in [0.25, 0.3) is 0 Å². The highest BCUT2D eigenvalue weighted by Crippen LogP contribution is 2.38. The predicted molar refractivity (Wildman–Crippen MR) is 112 cm³/mol. The van der Waals surface area contributed by atoms with Gasteiger partial charge in [-0.05, 0) is 40.0 Å². The average molecular weight is 446 g/mol. The Bertz CT molecular complexity index is 612. The van der Waals surface area contributed by atoms with E-state index in [1.54, 1.807) is 0 Å². The summed E-state index contributed by atoms with van der Waals surface area (Å²) < 4.78 is 28.4. The number of fused-ring (bicyclic) bond motifs is 1. The van der Waals surface area contributed by atoms with Crippen LogP contribution in [-0.2, 0) is 35.4 Å². The number of likely N-dealkylation sites (tertiary alicyclic amines) is 1. The molecule has 2 fully saturated rings. The maximum atomic E-state index is 12.6. The van der Waals surface area contributed by atoms with Gasteiger partial charge in [0.2, 0.25) is 11.8 Å². The molecular formula is C20H35N3O6S. The predicted octanol–water partition coefficient (Wildman–Crippen LogP) is 1.06. The number of hydrogen-bond donors (Lipinski definition) is 2. The summed E-state index contributed by atoms with van der Waals surface area (Å²) in [5.74, 6) is -1.25. The van der Waals surface area contributed by atoms with E-state index in [2.05, 4.69) is 9.44 Å². The monoisotopic (exact) mass is 445 g/mol. The standard InChI is InChI=1S/C20H35N3O6S/c1-5-8-15-17-14(13-28-15)18(25)23(19(17)26)12-7-11-22-30(27)21-10-6-9-16(24)29-20(2,3)4/h14-15,17,21-22H,5-13H2,1-4H3. The van der Waals surface area contributed by atoms with Crippen molar-refractivity contribution in [3.8, 4) is 0 Å². The van der Waals surface area contributed by atoms with Crippen molar-refractivity contribution in [3.05, 3.63) is 0 Å². The third-order valence-corrected chi connectivity index (χ3v) is 5.97. The summed E-state index contributed by atoms with van der Waals surface area (Å²) in [6.07, 6.45) is 2.83. The van der Waals surface area contributed by atoms with Crippen LogP contribution in [0.2, 0.25) is 0 Å². The molecule has 0 aliphatic carbocycles. The molecule has 10 heteroatoms. The Labute approximate surface area is 182 Å². The van der Waals surface area contributed by atoms with Crippen molar-refractivity contribution in [2.45, 2.75) is 71.5 Å². The van der Waals surface area contributed by atoms with E-state index in [-0.39, 0.29) is 42.1 Å². The highest BCUT2D eigenvalue weighted by atomic mass is 32.2. The minimum atomic E-state index is -1.45. The van der Waals surface area contributed by atoms with Gasteiger partial charge in [-0.15, -0.1) is 9.44 Å². The second kappa shape index (κ2) is 11.4. The fourth-order valence-corrected chi connectivity index (χ4v) is 4.51. The van der Waals surface area contributed by atoms with E-state index in [1.165, 1.54) is 4.90 Å². The number of nitrogens with one attached hydrogen (secondary N) is 2. The number of esters is 1. The molecule has 9 nitrogen and oxygen atoms in total. The van der Waals surface area contributed by atoms with Crippen LogP contribution < -0.4 is 9.44 Å². The van der Waals surface area contributed by atoms with Crippen LogP contribution in [0.3, 0.4) is 0 Å². The Morgan fingerprint density at radius 1 is 1.23 bits per heavy atom. The third-order valence-electron chi connectivity index (χ3n) is 5.03. The quantitative estimate of drug-likeness (QED) is 0.198. The van der Waals surface area contributed by atoms with E-state index in [4.69, 9.17) is 9.47 Å². The van der Waals surface area contributed by atoms with Crippen molar-refractivity contribution in [3.63, 3.8) is 0 Å². The Kier molecular flexibility index (Phi) is 9.55. The molecule has 2 N–H and O–H groups in total. The maximum Gasteiger partial charge on any atom is 0.306 e. The van der Waals surface area contributed by atoms with Crippen molar-refractivity contribution in [1.29, 1.82) is 0 Å². The molecule has 2 rings (SSSR count). The van der Waals surface area contributed by atoms with Crippen molar-refractivity contribution in [1.82, 2.24) is 14.3 Å². The van der Waals surface area contributed by atoms with Crippen LogP contribution >= 0.6 is 0 Å². The molecular weight excluding hydrogens is 410 g/mol. The number of rotatable bonds is 12. The van der Waals surface area contributed by atoms with Crippen LogP contribution in [0.4, 0.5) is 0 Å². The van der Waals surface area contributed by atoms with Gasteiger partial charge >= 0.3 is 5.97 Å². The second-order valence-corrected chi connectivity index (χ2v) is 9.84. The zero-order chi connectivity index (χ0) is 22.3. The summed E-state index contributed by atoms with van der Waals surface area (Å²) in [6.45, 7) is 8.92.